The van der Waals surface area contributed by atoms with E-state index in [1.165, 1.54) is 6.07 Å². The third kappa shape index (κ3) is 3.86. The van der Waals surface area contributed by atoms with Crippen molar-refractivity contribution < 1.29 is 18.6 Å². The Labute approximate surface area is 184 Å². The summed E-state index contributed by atoms with van der Waals surface area (Å²) < 4.78 is 37.0. The monoisotopic (exact) mass is 444 g/mol. The predicted molar refractivity (Wildman–Crippen MR) is 118 cm³/mol. The normalized spacial score (nSPS) is 19.0. The van der Waals surface area contributed by atoms with E-state index in [4.69, 9.17) is 4.74 Å². The number of nitrogens with zero attached hydrogens (tertiary/aromatic N) is 3. The van der Waals surface area contributed by atoms with Crippen molar-refractivity contribution in [3.63, 3.8) is 0 Å². The number of hydrogen-bond acceptors (Lipinski definition) is 6. The number of anilines is 1. The largest absolute Gasteiger partial charge is 0.389 e. The summed E-state index contributed by atoms with van der Waals surface area (Å²) in [4.78, 5) is 20.9. The maximum Gasteiger partial charge on any atom is 0.223 e. The lowest BCUT2D eigenvalue weighted by Gasteiger charge is -2.28. The van der Waals surface area contributed by atoms with Gasteiger partial charge in [0.05, 0.1) is 30.5 Å². The summed E-state index contributed by atoms with van der Waals surface area (Å²) >= 11 is 0. The summed E-state index contributed by atoms with van der Waals surface area (Å²) in [5, 5.41) is 13.3. The van der Waals surface area contributed by atoms with Gasteiger partial charge in [0.1, 0.15) is 11.5 Å². The number of aliphatic hydroxyl groups is 1. The van der Waals surface area contributed by atoms with Crippen LogP contribution in [0.25, 0.3) is 22.2 Å². The summed E-state index contributed by atoms with van der Waals surface area (Å²) in [5.74, 6) is -1.46. The van der Waals surface area contributed by atoms with Crippen molar-refractivity contribution in [3.8, 4) is 11.3 Å². The molecule has 0 spiro atoms. The highest BCUT2D eigenvalue weighted by Gasteiger charge is 2.25. The summed E-state index contributed by atoms with van der Waals surface area (Å²) in [6.45, 7) is 8.13. The SMILES string of the molecule is Cc1c(C)n(C(C)C)c2cc(-c3nc(N[C@@H]4CCOC[C@H]4O)ncc3F)c(F)cc2c1=O. The Morgan fingerprint density at radius 1 is 1.25 bits per heavy atom. The van der Waals surface area contributed by atoms with E-state index in [-0.39, 0.29) is 46.7 Å². The summed E-state index contributed by atoms with van der Waals surface area (Å²) in [5.41, 5.74) is 1.30. The fourth-order valence-corrected chi connectivity index (χ4v) is 4.20. The van der Waals surface area contributed by atoms with E-state index < -0.39 is 17.7 Å². The minimum absolute atomic E-state index is 0.00223. The number of ether oxygens (including phenoxy) is 1. The third-order valence-electron chi connectivity index (χ3n) is 5.99. The molecule has 32 heavy (non-hydrogen) atoms. The van der Waals surface area contributed by atoms with E-state index in [2.05, 4.69) is 15.3 Å². The summed E-state index contributed by atoms with van der Waals surface area (Å²) in [6, 6.07) is 2.25. The fraction of sp³-hybridized carbons (Fsp3) is 0.435. The van der Waals surface area contributed by atoms with Crippen molar-refractivity contribution in [3.05, 3.63) is 51.4 Å². The van der Waals surface area contributed by atoms with E-state index in [0.717, 1.165) is 18.0 Å². The molecular weight excluding hydrogens is 418 g/mol. The van der Waals surface area contributed by atoms with E-state index in [1.54, 1.807) is 6.92 Å². The van der Waals surface area contributed by atoms with Crippen LogP contribution in [0.3, 0.4) is 0 Å². The van der Waals surface area contributed by atoms with Crippen LogP contribution in [-0.4, -0.2) is 45.0 Å². The van der Waals surface area contributed by atoms with Gasteiger partial charge in [-0.15, -0.1) is 0 Å². The smallest absolute Gasteiger partial charge is 0.223 e. The maximum atomic E-state index is 15.1. The Morgan fingerprint density at radius 2 is 2.00 bits per heavy atom. The molecule has 1 aromatic carbocycles. The van der Waals surface area contributed by atoms with Gasteiger partial charge in [0.15, 0.2) is 11.2 Å². The Bertz CT molecular complexity index is 1240. The first-order valence-electron chi connectivity index (χ1n) is 10.6. The van der Waals surface area contributed by atoms with Crippen LogP contribution in [0.2, 0.25) is 0 Å². The number of nitrogens with one attached hydrogen (secondary N) is 1. The molecule has 0 bridgehead atoms. The first-order valence-corrected chi connectivity index (χ1v) is 10.6. The van der Waals surface area contributed by atoms with Gasteiger partial charge < -0.3 is 19.7 Å². The summed E-state index contributed by atoms with van der Waals surface area (Å²) in [7, 11) is 0. The Balaban J connectivity index is 1.86. The van der Waals surface area contributed by atoms with E-state index >= 15 is 4.39 Å². The van der Waals surface area contributed by atoms with Gasteiger partial charge in [0, 0.05) is 34.9 Å². The quantitative estimate of drug-likeness (QED) is 0.640. The maximum absolute atomic E-state index is 15.1. The number of benzene rings is 1. The molecule has 170 valence electrons. The lowest BCUT2D eigenvalue weighted by Crippen LogP contribution is -2.42. The van der Waals surface area contributed by atoms with Gasteiger partial charge in [-0.2, -0.15) is 0 Å². The average Bonchev–Trinajstić information content (AvgIpc) is 2.75. The van der Waals surface area contributed by atoms with Gasteiger partial charge in [-0.3, -0.25) is 4.79 Å². The molecule has 9 heteroatoms. The van der Waals surface area contributed by atoms with Crippen molar-refractivity contribution in [2.24, 2.45) is 0 Å². The number of aromatic nitrogens is 3. The summed E-state index contributed by atoms with van der Waals surface area (Å²) in [6.07, 6.45) is 0.738. The molecule has 1 saturated heterocycles. The first kappa shape index (κ1) is 22.3. The average molecular weight is 444 g/mol. The lowest BCUT2D eigenvalue weighted by molar-refractivity contribution is -0.0136. The van der Waals surface area contributed by atoms with Gasteiger partial charge >= 0.3 is 0 Å². The second kappa shape index (κ2) is 8.55. The number of halogens is 2. The van der Waals surface area contributed by atoms with Gasteiger partial charge in [0.2, 0.25) is 5.95 Å². The predicted octanol–water partition coefficient (Wildman–Crippen LogP) is 3.50. The van der Waals surface area contributed by atoms with Crippen LogP contribution >= 0.6 is 0 Å². The number of rotatable bonds is 4. The molecule has 0 amide bonds. The van der Waals surface area contributed by atoms with Crippen LogP contribution in [0, 0.1) is 25.5 Å². The van der Waals surface area contributed by atoms with Crippen LogP contribution in [0.1, 0.15) is 37.6 Å². The second-order valence-electron chi connectivity index (χ2n) is 8.42. The van der Waals surface area contributed by atoms with Crippen molar-refractivity contribution >= 4 is 16.9 Å². The molecule has 2 N–H and O–H groups in total. The molecule has 1 aliphatic rings. The molecule has 0 unspecified atom stereocenters. The van der Waals surface area contributed by atoms with Gasteiger partial charge in [-0.25, -0.2) is 18.7 Å². The van der Waals surface area contributed by atoms with Crippen molar-refractivity contribution in [1.82, 2.24) is 14.5 Å². The van der Waals surface area contributed by atoms with Gasteiger partial charge in [-0.05, 0) is 46.2 Å². The fourth-order valence-electron chi connectivity index (χ4n) is 4.20. The third-order valence-corrected chi connectivity index (χ3v) is 5.99. The Kier molecular flexibility index (Phi) is 5.96. The molecule has 0 aliphatic carbocycles. The van der Waals surface area contributed by atoms with Gasteiger partial charge in [-0.1, -0.05) is 0 Å². The molecule has 4 rings (SSSR count). The molecular formula is C23H26F2N4O3. The molecule has 3 aromatic rings. The number of aliphatic hydroxyl groups excluding tert-OH is 1. The number of pyridine rings is 1. The van der Waals surface area contributed by atoms with Crippen LogP contribution in [0.15, 0.2) is 23.1 Å². The lowest BCUT2D eigenvalue weighted by atomic mass is 10.0. The molecule has 0 saturated carbocycles. The zero-order chi connectivity index (χ0) is 23.2. The van der Waals surface area contributed by atoms with Crippen LogP contribution < -0.4 is 10.7 Å². The second-order valence-corrected chi connectivity index (χ2v) is 8.42. The molecule has 1 aliphatic heterocycles. The minimum atomic E-state index is -0.788. The van der Waals surface area contributed by atoms with Crippen LogP contribution in [0.4, 0.5) is 14.7 Å². The Hall–Kier alpha value is -2.91. The Morgan fingerprint density at radius 3 is 2.69 bits per heavy atom. The minimum Gasteiger partial charge on any atom is -0.389 e. The van der Waals surface area contributed by atoms with E-state index in [9.17, 15) is 14.3 Å². The molecule has 2 atom stereocenters. The van der Waals surface area contributed by atoms with Crippen LogP contribution in [0.5, 0.6) is 0 Å². The molecule has 7 nitrogen and oxygen atoms in total. The number of fused-ring (bicyclic) bond motifs is 1. The zero-order valence-corrected chi connectivity index (χ0v) is 18.4. The standard InChI is InChI=1S/C23H26F2N4O3/c1-11(2)29-13(4)12(3)22(31)15-7-16(24)14(8-19(15)29)21-17(25)9-26-23(28-21)27-18-5-6-32-10-20(18)30/h7-9,11,18,20,30H,5-6,10H2,1-4H3,(H,26,27,28)/t18-,20-/m1/s1. The molecule has 2 aromatic heterocycles. The molecule has 0 radical (unpaired) electrons. The topological polar surface area (TPSA) is 89.3 Å². The highest BCUT2D eigenvalue weighted by atomic mass is 19.1. The van der Waals surface area contributed by atoms with Gasteiger partial charge in [0.25, 0.3) is 0 Å². The van der Waals surface area contributed by atoms with E-state index in [1.807, 2.05) is 25.3 Å². The van der Waals surface area contributed by atoms with Crippen molar-refractivity contribution in [2.75, 3.05) is 18.5 Å². The first-order chi connectivity index (χ1) is 15.2. The highest BCUT2D eigenvalue weighted by molar-refractivity contribution is 5.85. The van der Waals surface area contributed by atoms with Crippen molar-refractivity contribution in [1.29, 1.82) is 0 Å². The highest BCUT2D eigenvalue weighted by Crippen LogP contribution is 2.30. The molecule has 3 heterocycles. The van der Waals surface area contributed by atoms with Crippen molar-refractivity contribution in [2.45, 2.75) is 52.3 Å². The number of hydrogen-bond donors (Lipinski definition) is 2. The molecule has 1 fully saturated rings. The zero-order valence-electron chi connectivity index (χ0n) is 18.4. The van der Waals surface area contributed by atoms with Crippen LogP contribution in [-0.2, 0) is 4.74 Å². The van der Waals surface area contributed by atoms with E-state index in [0.29, 0.717) is 24.1 Å².